The van der Waals surface area contributed by atoms with Gasteiger partial charge in [-0.2, -0.15) is 0 Å². The first-order chi connectivity index (χ1) is 7.84. The summed E-state index contributed by atoms with van der Waals surface area (Å²) in [5, 5.41) is 0. The molecule has 1 aromatic carbocycles. The van der Waals surface area contributed by atoms with Crippen molar-refractivity contribution in [2.45, 2.75) is 18.2 Å². The van der Waals surface area contributed by atoms with Crippen LogP contribution in [-0.2, 0) is 14.6 Å². The van der Waals surface area contributed by atoms with Gasteiger partial charge in [-0.05, 0) is 29.7 Å². The van der Waals surface area contributed by atoms with Crippen LogP contribution < -0.4 is 5.73 Å². The fourth-order valence-corrected chi connectivity index (χ4v) is 2.11. The van der Waals surface area contributed by atoms with Crippen LogP contribution >= 0.6 is 0 Å². The Kier molecular flexibility index (Phi) is 4.07. The number of sulfone groups is 1. The van der Waals surface area contributed by atoms with Crippen molar-refractivity contribution in [1.29, 1.82) is 0 Å². The molecule has 0 unspecified atom stereocenters. The number of amides is 1. The highest BCUT2D eigenvalue weighted by Crippen LogP contribution is 2.19. The van der Waals surface area contributed by atoms with E-state index in [2.05, 4.69) is 0 Å². The van der Waals surface area contributed by atoms with Crippen LogP contribution in [0.2, 0.25) is 0 Å². The lowest BCUT2D eigenvalue weighted by atomic mass is 10.0. The van der Waals surface area contributed by atoms with Crippen LogP contribution in [0.5, 0.6) is 0 Å². The molecule has 0 aliphatic heterocycles. The van der Waals surface area contributed by atoms with Crippen LogP contribution in [0.4, 0.5) is 0 Å². The Bertz CT molecular complexity index is 542. The number of allylic oxidation sites excluding steroid dienone is 1. The number of rotatable bonds is 4. The molecule has 4 nitrogen and oxygen atoms in total. The van der Waals surface area contributed by atoms with E-state index in [1.54, 1.807) is 12.1 Å². The fraction of sp³-hybridized carbons (Fsp3) is 0.250. The van der Waals surface area contributed by atoms with Gasteiger partial charge in [0.15, 0.2) is 9.84 Å². The monoisotopic (exact) mass is 253 g/mol. The molecule has 0 fully saturated rings. The van der Waals surface area contributed by atoms with E-state index in [-0.39, 0.29) is 4.90 Å². The average molecular weight is 253 g/mol. The first-order valence-electron chi connectivity index (χ1n) is 5.15. The Morgan fingerprint density at radius 1 is 1.29 bits per heavy atom. The highest BCUT2D eigenvalue weighted by atomic mass is 32.2. The van der Waals surface area contributed by atoms with Crippen LogP contribution in [-0.4, -0.2) is 20.6 Å². The Balaban J connectivity index is 3.14. The summed E-state index contributed by atoms with van der Waals surface area (Å²) in [5.74, 6) is -0.506. The van der Waals surface area contributed by atoms with Gasteiger partial charge in [-0.15, -0.1) is 0 Å². The Hall–Kier alpha value is -1.62. The molecule has 0 saturated heterocycles. The summed E-state index contributed by atoms with van der Waals surface area (Å²) in [7, 11) is -3.19. The molecule has 0 bridgehead atoms. The van der Waals surface area contributed by atoms with Gasteiger partial charge in [0.2, 0.25) is 5.91 Å². The minimum absolute atomic E-state index is 0.260. The van der Waals surface area contributed by atoms with Crippen LogP contribution in [0, 0.1) is 0 Å². The van der Waals surface area contributed by atoms with Gasteiger partial charge in [0.1, 0.15) is 0 Å². The minimum atomic E-state index is -3.19. The summed E-state index contributed by atoms with van der Waals surface area (Å²) in [6, 6.07) is 6.40. The molecule has 5 heteroatoms. The van der Waals surface area contributed by atoms with E-state index >= 15 is 0 Å². The number of nitrogens with two attached hydrogens (primary N) is 1. The summed E-state index contributed by atoms with van der Waals surface area (Å²) < 4.78 is 22.5. The number of primary amides is 1. The number of hydrogen-bond donors (Lipinski definition) is 1. The Morgan fingerprint density at radius 2 is 1.82 bits per heavy atom. The van der Waals surface area contributed by atoms with Gasteiger partial charge in [0.25, 0.3) is 0 Å². The first kappa shape index (κ1) is 13.4. The SMILES string of the molecule is CC/C(=C\C(N)=O)c1ccc(S(C)(=O)=O)cc1. The number of hydrogen-bond acceptors (Lipinski definition) is 3. The summed E-state index contributed by atoms with van der Waals surface area (Å²) in [4.78, 5) is 11.1. The minimum Gasteiger partial charge on any atom is -0.366 e. The summed E-state index contributed by atoms with van der Waals surface area (Å²) in [6.07, 6.45) is 3.17. The van der Waals surface area contributed by atoms with Crippen LogP contribution in [0.3, 0.4) is 0 Å². The van der Waals surface area contributed by atoms with E-state index in [0.29, 0.717) is 6.42 Å². The quantitative estimate of drug-likeness (QED) is 0.823. The maximum atomic E-state index is 11.3. The van der Waals surface area contributed by atoms with E-state index in [1.807, 2.05) is 6.92 Å². The highest BCUT2D eigenvalue weighted by molar-refractivity contribution is 7.90. The van der Waals surface area contributed by atoms with E-state index in [9.17, 15) is 13.2 Å². The Morgan fingerprint density at radius 3 is 2.18 bits per heavy atom. The lowest BCUT2D eigenvalue weighted by Crippen LogP contribution is -2.07. The second kappa shape index (κ2) is 5.14. The molecule has 92 valence electrons. The molecule has 2 N–H and O–H groups in total. The lowest BCUT2D eigenvalue weighted by molar-refractivity contribution is -0.113. The van der Waals surface area contributed by atoms with Crippen molar-refractivity contribution < 1.29 is 13.2 Å². The maximum absolute atomic E-state index is 11.3. The molecule has 0 heterocycles. The average Bonchev–Trinajstić information content (AvgIpc) is 2.24. The van der Waals surface area contributed by atoms with E-state index < -0.39 is 15.7 Å². The van der Waals surface area contributed by atoms with Crippen LogP contribution in [0.15, 0.2) is 35.2 Å². The van der Waals surface area contributed by atoms with Crippen molar-refractivity contribution in [3.05, 3.63) is 35.9 Å². The smallest absolute Gasteiger partial charge is 0.241 e. The molecule has 1 amide bonds. The van der Waals surface area contributed by atoms with Crippen LogP contribution in [0.25, 0.3) is 5.57 Å². The van der Waals surface area contributed by atoms with Gasteiger partial charge in [-0.1, -0.05) is 19.1 Å². The third-order valence-corrected chi connectivity index (χ3v) is 3.48. The molecule has 0 aliphatic rings. The van der Waals surface area contributed by atoms with Gasteiger partial charge >= 0.3 is 0 Å². The van der Waals surface area contributed by atoms with Gasteiger partial charge in [0, 0.05) is 12.3 Å². The molecule has 0 aliphatic carbocycles. The van der Waals surface area contributed by atoms with Crippen LogP contribution in [0.1, 0.15) is 18.9 Å². The molecule has 1 rings (SSSR count). The predicted molar refractivity (Wildman–Crippen MR) is 67.0 cm³/mol. The topological polar surface area (TPSA) is 77.2 Å². The zero-order valence-electron chi connectivity index (χ0n) is 9.80. The Labute approximate surface area is 101 Å². The zero-order chi connectivity index (χ0) is 13.1. The standard InChI is InChI=1S/C12H15NO3S/c1-3-9(8-12(13)14)10-4-6-11(7-5-10)17(2,15)16/h4-8H,3H2,1-2H3,(H2,13,14)/b9-8+. The first-order valence-corrected chi connectivity index (χ1v) is 7.04. The molecule has 1 aromatic rings. The number of benzene rings is 1. The van der Waals surface area contributed by atoms with Crippen molar-refractivity contribution >= 4 is 21.3 Å². The number of carbonyl (C=O) groups is 1. The highest BCUT2D eigenvalue weighted by Gasteiger charge is 2.07. The molecular formula is C12H15NO3S. The third kappa shape index (κ3) is 3.71. The summed E-state index contributed by atoms with van der Waals surface area (Å²) in [5.41, 5.74) is 6.69. The predicted octanol–water partition coefficient (Wildman–Crippen LogP) is 1.37. The summed E-state index contributed by atoms with van der Waals surface area (Å²) >= 11 is 0. The van der Waals surface area contributed by atoms with Gasteiger partial charge < -0.3 is 5.73 Å². The van der Waals surface area contributed by atoms with E-state index in [4.69, 9.17) is 5.73 Å². The van der Waals surface area contributed by atoms with E-state index in [1.165, 1.54) is 18.2 Å². The molecule has 0 radical (unpaired) electrons. The molecule has 0 aromatic heterocycles. The molecule has 0 spiro atoms. The van der Waals surface area contributed by atoms with Gasteiger partial charge in [-0.3, -0.25) is 4.79 Å². The van der Waals surface area contributed by atoms with Crippen molar-refractivity contribution in [2.24, 2.45) is 5.73 Å². The maximum Gasteiger partial charge on any atom is 0.241 e. The molecule has 0 saturated carbocycles. The van der Waals surface area contributed by atoms with Crippen molar-refractivity contribution in [3.8, 4) is 0 Å². The lowest BCUT2D eigenvalue weighted by Gasteiger charge is -2.05. The fourth-order valence-electron chi connectivity index (χ4n) is 1.48. The zero-order valence-corrected chi connectivity index (χ0v) is 10.6. The van der Waals surface area contributed by atoms with Crippen molar-refractivity contribution in [2.75, 3.05) is 6.26 Å². The van der Waals surface area contributed by atoms with Gasteiger partial charge in [-0.25, -0.2) is 8.42 Å². The number of carbonyl (C=O) groups excluding carboxylic acids is 1. The van der Waals surface area contributed by atoms with Crippen molar-refractivity contribution in [1.82, 2.24) is 0 Å². The van der Waals surface area contributed by atoms with Gasteiger partial charge in [0.05, 0.1) is 4.90 Å². The molecular weight excluding hydrogens is 238 g/mol. The summed E-state index contributed by atoms with van der Waals surface area (Å²) in [6.45, 7) is 1.90. The largest absolute Gasteiger partial charge is 0.366 e. The third-order valence-electron chi connectivity index (χ3n) is 2.35. The second-order valence-corrected chi connectivity index (χ2v) is 5.74. The normalized spacial score (nSPS) is 12.5. The molecule has 17 heavy (non-hydrogen) atoms. The van der Waals surface area contributed by atoms with E-state index in [0.717, 1.165) is 17.4 Å². The van der Waals surface area contributed by atoms with Crippen molar-refractivity contribution in [3.63, 3.8) is 0 Å². The molecule has 0 atom stereocenters. The second-order valence-electron chi connectivity index (χ2n) is 3.72.